The minimum Gasteiger partial charge on any atom is -0.368 e. The number of nitrogens with two attached hydrogens (primary N) is 1. The molecule has 0 unspecified atom stereocenters. The molecule has 0 saturated heterocycles. The molecule has 0 aliphatic carbocycles. The van der Waals surface area contributed by atoms with Gasteiger partial charge in [0.05, 0.1) is 4.90 Å². The third-order valence-corrected chi connectivity index (χ3v) is 7.25. The smallest absolute Gasteiger partial charge is 0.244 e. The molecule has 3 aromatic rings. The first-order valence-corrected chi connectivity index (χ1v) is 11.3. The van der Waals surface area contributed by atoms with Crippen LogP contribution in [0.25, 0.3) is 0 Å². The highest BCUT2D eigenvalue weighted by Gasteiger charge is 2.37. The lowest BCUT2D eigenvalue weighted by Crippen LogP contribution is -2.41. The van der Waals surface area contributed by atoms with Gasteiger partial charge in [0.1, 0.15) is 6.04 Å². The Bertz CT molecular complexity index is 1130. The molecule has 0 bridgehead atoms. The molecule has 3 aromatic carbocycles. The van der Waals surface area contributed by atoms with E-state index in [1.54, 1.807) is 48.5 Å². The van der Waals surface area contributed by atoms with Crippen molar-refractivity contribution >= 4 is 50.7 Å². The average molecular weight is 484 g/mol. The summed E-state index contributed by atoms with van der Waals surface area (Å²) in [4.78, 5) is 12.4. The number of hydrogen-bond donors (Lipinski definition) is 1. The fourth-order valence-electron chi connectivity index (χ4n) is 3.00. The first kappa shape index (κ1) is 22.6. The maximum atomic E-state index is 13.6. The molecule has 0 heterocycles. The van der Waals surface area contributed by atoms with E-state index in [0.29, 0.717) is 16.1 Å². The third-order valence-electron chi connectivity index (χ3n) is 4.47. The SMILES string of the molecule is NC(=O)[C@@H](c1ccccc1)N(Cc1c(Cl)cccc1Cl)S(=O)(=O)c1ccc(Cl)cc1. The quantitative estimate of drug-likeness (QED) is 0.510. The molecule has 1 atom stereocenters. The average Bonchev–Trinajstić information content (AvgIpc) is 2.70. The number of primary amides is 1. The molecular formula is C21H17Cl3N2O3S. The van der Waals surface area contributed by atoms with Crippen LogP contribution in [-0.2, 0) is 21.4 Å². The van der Waals surface area contributed by atoms with Gasteiger partial charge in [0.15, 0.2) is 0 Å². The van der Waals surface area contributed by atoms with Gasteiger partial charge < -0.3 is 5.73 Å². The summed E-state index contributed by atoms with van der Waals surface area (Å²) < 4.78 is 28.2. The molecule has 0 aliphatic rings. The van der Waals surface area contributed by atoms with Gasteiger partial charge in [-0.05, 0) is 42.0 Å². The molecule has 3 rings (SSSR count). The van der Waals surface area contributed by atoms with Crippen LogP contribution < -0.4 is 5.73 Å². The topological polar surface area (TPSA) is 80.5 Å². The van der Waals surface area contributed by atoms with Gasteiger partial charge in [-0.15, -0.1) is 0 Å². The molecule has 5 nitrogen and oxygen atoms in total. The van der Waals surface area contributed by atoms with Gasteiger partial charge in [-0.2, -0.15) is 4.31 Å². The standard InChI is InChI=1S/C21H17Cl3N2O3S/c22-15-9-11-16(12-10-15)30(28,29)26(13-17-18(23)7-4-8-19(17)24)20(21(25)27)14-5-2-1-3-6-14/h1-12,20H,13H2,(H2,25,27)/t20-/m1/s1. The van der Waals surface area contributed by atoms with Crippen molar-refractivity contribution in [3.05, 3.63) is 99.0 Å². The molecule has 0 aliphatic heterocycles. The van der Waals surface area contributed by atoms with Crippen LogP contribution in [-0.4, -0.2) is 18.6 Å². The Labute approximate surface area is 190 Å². The second-order valence-electron chi connectivity index (χ2n) is 6.42. The van der Waals surface area contributed by atoms with Crippen LogP contribution in [0.5, 0.6) is 0 Å². The van der Waals surface area contributed by atoms with Crippen LogP contribution in [0.2, 0.25) is 15.1 Å². The van der Waals surface area contributed by atoms with E-state index >= 15 is 0 Å². The zero-order valence-corrected chi connectivity index (χ0v) is 18.6. The second-order valence-corrected chi connectivity index (χ2v) is 9.56. The molecule has 0 radical (unpaired) electrons. The number of carbonyl (C=O) groups excluding carboxylic acids is 1. The number of amides is 1. The summed E-state index contributed by atoms with van der Waals surface area (Å²) >= 11 is 18.5. The monoisotopic (exact) mass is 482 g/mol. The summed E-state index contributed by atoms with van der Waals surface area (Å²) in [6, 6.07) is 17.6. The molecule has 30 heavy (non-hydrogen) atoms. The van der Waals surface area contributed by atoms with Gasteiger partial charge >= 0.3 is 0 Å². The van der Waals surface area contributed by atoms with Crippen molar-refractivity contribution in [1.29, 1.82) is 0 Å². The highest BCUT2D eigenvalue weighted by atomic mass is 35.5. The Morgan fingerprint density at radius 3 is 1.97 bits per heavy atom. The van der Waals surface area contributed by atoms with Crippen LogP contribution in [0.1, 0.15) is 17.2 Å². The summed E-state index contributed by atoms with van der Waals surface area (Å²) in [6.07, 6.45) is 0. The molecule has 156 valence electrons. The Kier molecular flexibility index (Phi) is 7.06. The van der Waals surface area contributed by atoms with Crippen molar-refractivity contribution in [2.75, 3.05) is 0 Å². The summed E-state index contributed by atoms with van der Waals surface area (Å²) in [7, 11) is -4.19. The zero-order valence-electron chi connectivity index (χ0n) is 15.5. The van der Waals surface area contributed by atoms with E-state index < -0.39 is 22.0 Å². The number of nitrogens with zero attached hydrogens (tertiary/aromatic N) is 1. The molecule has 0 fully saturated rings. The van der Waals surface area contributed by atoms with E-state index in [9.17, 15) is 13.2 Å². The Hall–Kier alpha value is -2.09. The van der Waals surface area contributed by atoms with E-state index in [-0.39, 0.29) is 21.5 Å². The van der Waals surface area contributed by atoms with E-state index in [1.807, 2.05) is 0 Å². The Morgan fingerprint density at radius 1 is 0.867 bits per heavy atom. The number of benzene rings is 3. The van der Waals surface area contributed by atoms with E-state index in [1.165, 1.54) is 24.3 Å². The van der Waals surface area contributed by atoms with Gasteiger partial charge in [-0.3, -0.25) is 4.79 Å². The van der Waals surface area contributed by atoms with Gasteiger partial charge in [0.25, 0.3) is 0 Å². The maximum absolute atomic E-state index is 13.6. The molecule has 0 saturated carbocycles. The fourth-order valence-corrected chi connectivity index (χ4v) is 5.20. The lowest BCUT2D eigenvalue weighted by Gasteiger charge is -2.30. The minimum absolute atomic E-state index is 0.0442. The number of sulfonamides is 1. The minimum atomic E-state index is -4.19. The summed E-state index contributed by atoms with van der Waals surface area (Å²) in [5.41, 5.74) is 6.45. The number of rotatable bonds is 7. The fraction of sp³-hybridized carbons (Fsp3) is 0.0952. The molecule has 0 spiro atoms. The van der Waals surface area contributed by atoms with Crippen molar-refractivity contribution in [1.82, 2.24) is 4.31 Å². The first-order chi connectivity index (χ1) is 14.2. The molecule has 2 N–H and O–H groups in total. The summed E-state index contributed by atoms with van der Waals surface area (Å²) in [6.45, 7) is -0.258. The Morgan fingerprint density at radius 2 is 1.43 bits per heavy atom. The van der Waals surface area contributed by atoms with Crippen molar-refractivity contribution < 1.29 is 13.2 Å². The van der Waals surface area contributed by atoms with E-state index in [0.717, 1.165) is 4.31 Å². The number of carbonyl (C=O) groups is 1. The van der Waals surface area contributed by atoms with Crippen LogP contribution >= 0.6 is 34.8 Å². The highest BCUT2D eigenvalue weighted by Crippen LogP contribution is 2.34. The van der Waals surface area contributed by atoms with Crippen molar-refractivity contribution in [3.8, 4) is 0 Å². The number of halogens is 3. The normalized spacial score (nSPS) is 12.7. The highest BCUT2D eigenvalue weighted by molar-refractivity contribution is 7.89. The molecular weight excluding hydrogens is 467 g/mol. The first-order valence-electron chi connectivity index (χ1n) is 8.76. The van der Waals surface area contributed by atoms with E-state index in [4.69, 9.17) is 40.5 Å². The van der Waals surface area contributed by atoms with Crippen molar-refractivity contribution in [3.63, 3.8) is 0 Å². The Balaban J connectivity index is 2.20. The third kappa shape index (κ3) is 4.79. The summed E-state index contributed by atoms with van der Waals surface area (Å²) in [5.74, 6) is -0.832. The van der Waals surface area contributed by atoms with Crippen LogP contribution in [0, 0.1) is 0 Å². The predicted molar refractivity (Wildman–Crippen MR) is 119 cm³/mol. The zero-order chi connectivity index (χ0) is 21.9. The van der Waals surface area contributed by atoms with Gasteiger partial charge in [-0.25, -0.2) is 8.42 Å². The van der Waals surface area contributed by atoms with Crippen LogP contribution in [0.3, 0.4) is 0 Å². The predicted octanol–water partition coefficient (Wildman–Crippen LogP) is 5.06. The largest absolute Gasteiger partial charge is 0.368 e. The van der Waals surface area contributed by atoms with Crippen LogP contribution in [0.4, 0.5) is 0 Å². The van der Waals surface area contributed by atoms with E-state index in [2.05, 4.69) is 0 Å². The maximum Gasteiger partial charge on any atom is 0.244 e. The molecule has 9 heteroatoms. The second kappa shape index (κ2) is 9.37. The lowest BCUT2D eigenvalue weighted by molar-refractivity contribution is -0.122. The lowest BCUT2D eigenvalue weighted by atomic mass is 10.1. The van der Waals surface area contributed by atoms with Crippen LogP contribution in [0.15, 0.2) is 77.7 Å². The van der Waals surface area contributed by atoms with Gasteiger partial charge in [-0.1, -0.05) is 71.2 Å². The molecule has 0 aromatic heterocycles. The summed E-state index contributed by atoms with van der Waals surface area (Å²) in [5, 5.41) is 0.925. The molecule has 1 amide bonds. The van der Waals surface area contributed by atoms with Crippen molar-refractivity contribution in [2.24, 2.45) is 5.73 Å². The number of hydrogen-bond acceptors (Lipinski definition) is 3. The van der Waals surface area contributed by atoms with Crippen molar-refractivity contribution in [2.45, 2.75) is 17.5 Å². The van der Waals surface area contributed by atoms with Gasteiger partial charge in [0, 0.05) is 27.2 Å². The van der Waals surface area contributed by atoms with Gasteiger partial charge in [0.2, 0.25) is 15.9 Å².